The van der Waals surface area contributed by atoms with Crippen LogP contribution in [0.1, 0.15) is 23.0 Å². The van der Waals surface area contributed by atoms with E-state index in [4.69, 9.17) is 27.9 Å². The van der Waals surface area contributed by atoms with Gasteiger partial charge in [-0.15, -0.1) is 16.4 Å². The number of hydrogen-bond donors (Lipinski definition) is 0. The van der Waals surface area contributed by atoms with Crippen molar-refractivity contribution in [3.8, 4) is 16.8 Å². The molecule has 34 heavy (non-hydrogen) atoms. The van der Waals surface area contributed by atoms with Crippen LogP contribution in [0.4, 0.5) is 0 Å². The second kappa shape index (κ2) is 8.79. The third-order valence-corrected chi connectivity index (χ3v) is 6.86. The number of esters is 1. The summed E-state index contributed by atoms with van der Waals surface area (Å²) in [4.78, 5) is 31.6. The summed E-state index contributed by atoms with van der Waals surface area (Å²) in [5.74, 6) is -0.499. The zero-order chi connectivity index (χ0) is 24.0. The Kier molecular flexibility index (Phi) is 5.81. The molecule has 0 fully saturated rings. The van der Waals surface area contributed by atoms with Gasteiger partial charge in [0.2, 0.25) is 0 Å². The van der Waals surface area contributed by atoms with Gasteiger partial charge in [0.25, 0.3) is 5.56 Å². The van der Waals surface area contributed by atoms with E-state index in [1.54, 1.807) is 50.2 Å². The first-order valence-electron chi connectivity index (χ1n) is 10.3. The summed E-state index contributed by atoms with van der Waals surface area (Å²) in [6, 6.07) is 13.8. The fourth-order valence-corrected chi connectivity index (χ4v) is 5.15. The molecule has 0 aliphatic carbocycles. The number of aryl methyl sites for hydroxylation is 1. The van der Waals surface area contributed by atoms with Crippen molar-refractivity contribution < 1.29 is 9.53 Å². The Morgan fingerprint density at radius 1 is 1.06 bits per heavy atom. The van der Waals surface area contributed by atoms with Crippen molar-refractivity contribution in [1.29, 1.82) is 0 Å². The van der Waals surface area contributed by atoms with Crippen LogP contribution >= 0.6 is 34.5 Å². The van der Waals surface area contributed by atoms with Gasteiger partial charge in [0.05, 0.1) is 23.6 Å². The third kappa shape index (κ3) is 3.73. The number of aromatic nitrogens is 4. The van der Waals surface area contributed by atoms with Crippen molar-refractivity contribution in [2.24, 2.45) is 0 Å². The van der Waals surface area contributed by atoms with E-state index in [9.17, 15) is 9.59 Å². The highest BCUT2D eigenvalue weighted by Crippen LogP contribution is 2.40. The summed E-state index contributed by atoms with van der Waals surface area (Å²) in [5, 5.41) is 10.2. The zero-order valence-corrected chi connectivity index (χ0v) is 20.3. The maximum absolute atomic E-state index is 13.4. The molecule has 170 valence electrons. The lowest BCUT2D eigenvalue weighted by molar-refractivity contribution is 0.0526. The van der Waals surface area contributed by atoms with Gasteiger partial charge in [-0.25, -0.2) is 9.78 Å². The SMILES string of the molecule is CCOC(=O)c1c(C)nc2sc3c(=O)n(-c4ccc(Cl)cc4)nnc3c2c1-c1ccc(Cl)cc1. The van der Waals surface area contributed by atoms with Gasteiger partial charge in [0.15, 0.2) is 0 Å². The monoisotopic (exact) mass is 510 g/mol. The number of carbonyl (C=O) groups is 1. The fraction of sp³-hybridized carbons (Fsp3) is 0.125. The molecule has 0 amide bonds. The molecule has 0 unspecified atom stereocenters. The van der Waals surface area contributed by atoms with E-state index in [1.807, 2.05) is 12.1 Å². The van der Waals surface area contributed by atoms with Gasteiger partial charge < -0.3 is 4.74 Å². The molecule has 0 radical (unpaired) electrons. The topological polar surface area (TPSA) is 87.0 Å². The maximum Gasteiger partial charge on any atom is 0.340 e. The second-order valence-electron chi connectivity index (χ2n) is 7.42. The lowest BCUT2D eigenvalue weighted by atomic mass is 9.96. The van der Waals surface area contributed by atoms with Gasteiger partial charge in [0, 0.05) is 21.0 Å². The number of nitrogens with zero attached hydrogens (tertiary/aromatic N) is 4. The Hall–Kier alpha value is -3.33. The molecule has 10 heteroatoms. The average Bonchev–Trinajstić information content (AvgIpc) is 3.19. The summed E-state index contributed by atoms with van der Waals surface area (Å²) in [7, 11) is 0. The molecule has 3 heterocycles. The minimum atomic E-state index is -0.499. The minimum absolute atomic E-state index is 0.215. The minimum Gasteiger partial charge on any atom is -0.462 e. The predicted molar refractivity (Wildman–Crippen MR) is 134 cm³/mol. The van der Waals surface area contributed by atoms with Crippen LogP contribution < -0.4 is 5.56 Å². The number of pyridine rings is 1. The number of thiophene rings is 1. The first kappa shape index (κ1) is 22.5. The lowest BCUT2D eigenvalue weighted by Gasteiger charge is -2.13. The fourth-order valence-electron chi connectivity index (χ4n) is 3.81. The molecule has 3 aromatic heterocycles. The van der Waals surface area contributed by atoms with E-state index in [1.165, 1.54) is 16.0 Å². The van der Waals surface area contributed by atoms with Gasteiger partial charge in [0.1, 0.15) is 15.0 Å². The molecule has 0 bridgehead atoms. The van der Waals surface area contributed by atoms with E-state index < -0.39 is 5.97 Å². The van der Waals surface area contributed by atoms with Crippen molar-refractivity contribution in [2.75, 3.05) is 6.61 Å². The largest absolute Gasteiger partial charge is 0.462 e. The van der Waals surface area contributed by atoms with Crippen molar-refractivity contribution >= 4 is 60.9 Å². The Morgan fingerprint density at radius 2 is 1.71 bits per heavy atom. The molecule has 7 nitrogen and oxygen atoms in total. The van der Waals surface area contributed by atoms with Crippen LogP contribution in [-0.2, 0) is 4.74 Å². The lowest BCUT2D eigenvalue weighted by Crippen LogP contribution is -2.21. The van der Waals surface area contributed by atoms with E-state index in [-0.39, 0.29) is 12.2 Å². The number of benzene rings is 2. The Morgan fingerprint density at radius 3 is 2.35 bits per heavy atom. The molecule has 5 rings (SSSR count). The molecule has 0 aliphatic heterocycles. The summed E-state index contributed by atoms with van der Waals surface area (Å²) >= 11 is 13.3. The van der Waals surface area contributed by atoms with Gasteiger partial charge in [-0.3, -0.25) is 4.79 Å². The molecule has 0 spiro atoms. The van der Waals surface area contributed by atoms with Crippen LogP contribution in [0, 0.1) is 6.92 Å². The number of carbonyl (C=O) groups excluding carboxylic acids is 1. The van der Waals surface area contributed by atoms with Gasteiger partial charge >= 0.3 is 5.97 Å². The number of ether oxygens (including phenoxy) is 1. The first-order chi connectivity index (χ1) is 16.4. The van der Waals surface area contributed by atoms with Gasteiger partial charge in [-0.05, 0) is 55.8 Å². The first-order valence-corrected chi connectivity index (χ1v) is 11.9. The summed E-state index contributed by atoms with van der Waals surface area (Å²) in [6.45, 7) is 3.70. The summed E-state index contributed by atoms with van der Waals surface area (Å²) < 4.78 is 6.92. The highest BCUT2D eigenvalue weighted by Gasteiger charge is 2.26. The molecule has 0 aliphatic rings. The van der Waals surface area contributed by atoms with Crippen molar-refractivity contribution in [3.63, 3.8) is 0 Å². The Labute approximate surface area is 207 Å². The predicted octanol–water partition coefficient (Wildman–Crippen LogP) is 5.85. The van der Waals surface area contributed by atoms with Crippen LogP contribution in [-0.4, -0.2) is 32.6 Å². The van der Waals surface area contributed by atoms with E-state index in [2.05, 4.69) is 15.3 Å². The Balaban J connectivity index is 1.87. The standard InChI is InChI=1S/C24H16Cl2N4O3S/c1-3-33-24(32)17-12(2)27-22-19(18(17)13-4-6-14(25)7-5-13)20-21(34-22)23(31)30(29-28-20)16-10-8-15(26)9-11-16/h4-11H,3H2,1-2H3. The van der Waals surface area contributed by atoms with Gasteiger partial charge in [-0.2, -0.15) is 4.68 Å². The third-order valence-electron chi connectivity index (χ3n) is 5.30. The maximum atomic E-state index is 13.4. The van der Waals surface area contributed by atoms with Crippen LogP contribution in [0.15, 0.2) is 53.3 Å². The van der Waals surface area contributed by atoms with E-state index in [0.717, 1.165) is 5.56 Å². The summed E-state index contributed by atoms with van der Waals surface area (Å²) in [6.07, 6.45) is 0. The van der Waals surface area contributed by atoms with Crippen molar-refractivity contribution in [2.45, 2.75) is 13.8 Å². The number of rotatable bonds is 4. The van der Waals surface area contributed by atoms with Gasteiger partial charge in [-0.1, -0.05) is 40.5 Å². The van der Waals surface area contributed by atoms with Crippen LogP contribution in [0.2, 0.25) is 10.0 Å². The molecular formula is C24H16Cl2N4O3S. The van der Waals surface area contributed by atoms with Crippen molar-refractivity contribution in [3.05, 3.63) is 80.2 Å². The van der Waals surface area contributed by atoms with E-state index >= 15 is 0 Å². The quantitative estimate of drug-likeness (QED) is 0.282. The average molecular weight is 511 g/mol. The van der Waals surface area contributed by atoms with Crippen LogP contribution in [0.5, 0.6) is 0 Å². The zero-order valence-electron chi connectivity index (χ0n) is 18.0. The molecule has 0 atom stereocenters. The van der Waals surface area contributed by atoms with Crippen LogP contribution in [0.3, 0.4) is 0 Å². The van der Waals surface area contributed by atoms with Crippen molar-refractivity contribution in [1.82, 2.24) is 20.0 Å². The molecule has 5 aromatic rings. The molecule has 0 saturated heterocycles. The number of hydrogen-bond acceptors (Lipinski definition) is 7. The molecular weight excluding hydrogens is 495 g/mol. The normalized spacial score (nSPS) is 11.3. The number of halogens is 2. The molecule has 2 aromatic carbocycles. The van der Waals surface area contributed by atoms with E-state index in [0.29, 0.717) is 53.0 Å². The summed E-state index contributed by atoms with van der Waals surface area (Å²) in [5.41, 5.74) is 2.70. The van der Waals surface area contributed by atoms with Crippen LogP contribution in [0.25, 0.3) is 37.2 Å². The Bertz CT molecular complexity index is 1630. The molecule has 0 N–H and O–H groups in total. The second-order valence-corrected chi connectivity index (χ2v) is 9.29. The number of fused-ring (bicyclic) bond motifs is 3. The molecule has 0 saturated carbocycles. The smallest absolute Gasteiger partial charge is 0.340 e. The highest BCUT2D eigenvalue weighted by molar-refractivity contribution is 7.25. The highest BCUT2D eigenvalue weighted by atomic mass is 35.5.